The fourth-order valence-corrected chi connectivity index (χ4v) is 6.17. The van der Waals surface area contributed by atoms with Crippen LogP contribution in [-0.2, 0) is 26.2 Å². The van der Waals surface area contributed by atoms with E-state index in [2.05, 4.69) is 5.32 Å². The second-order valence-corrected chi connectivity index (χ2v) is 12.9. The number of anilines is 1. The Kier molecular flexibility index (Phi) is 12.3. The maximum atomic E-state index is 14.2. The number of amides is 2. The number of halogens is 2. The maximum absolute atomic E-state index is 14.2. The summed E-state index contributed by atoms with van der Waals surface area (Å²) >= 11 is 12.4. The Morgan fingerprint density at radius 2 is 1.56 bits per heavy atom. The molecule has 8 nitrogen and oxygen atoms in total. The van der Waals surface area contributed by atoms with E-state index in [1.165, 1.54) is 17.0 Å². The second kappa shape index (κ2) is 15.5. The van der Waals surface area contributed by atoms with Crippen LogP contribution >= 0.6 is 23.2 Å². The summed E-state index contributed by atoms with van der Waals surface area (Å²) in [5, 5.41) is 3.63. The molecule has 2 amide bonds. The molecule has 0 saturated carbocycles. The number of rotatable bonds is 14. The number of benzene rings is 3. The number of carbonyl (C=O) groups is 2. The highest BCUT2D eigenvalue weighted by atomic mass is 35.5. The number of sulfonamides is 1. The highest BCUT2D eigenvalue weighted by molar-refractivity contribution is 7.92. The number of ether oxygens (including phenoxy) is 1. The highest BCUT2D eigenvalue weighted by Gasteiger charge is 2.34. The molecular formula is C32H39Cl2N3O5S. The topological polar surface area (TPSA) is 96.0 Å². The third-order valence-corrected chi connectivity index (χ3v) is 9.57. The lowest BCUT2D eigenvalue weighted by atomic mass is 10.1. The van der Waals surface area contributed by atoms with Crippen molar-refractivity contribution in [3.8, 4) is 5.75 Å². The molecule has 0 heterocycles. The average molecular weight is 649 g/mol. The molecule has 0 spiro atoms. The van der Waals surface area contributed by atoms with Gasteiger partial charge in [-0.2, -0.15) is 0 Å². The summed E-state index contributed by atoms with van der Waals surface area (Å²) in [6.07, 6.45) is 1.02. The fraction of sp³-hybridized carbons (Fsp3) is 0.375. The number of nitrogens with zero attached hydrogens (tertiary/aromatic N) is 2. The predicted octanol–water partition coefficient (Wildman–Crippen LogP) is 6.62. The van der Waals surface area contributed by atoms with Crippen LogP contribution in [0.1, 0.15) is 51.7 Å². The monoisotopic (exact) mass is 647 g/mol. The number of hydrogen-bond acceptors (Lipinski definition) is 5. The van der Waals surface area contributed by atoms with Crippen molar-refractivity contribution >= 4 is 50.7 Å². The predicted molar refractivity (Wildman–Crippen MR) is 172 cm³/mol. The lowest BCUT2D eigenvalue weighted by Crippen LogP contribution is -2.53. The van der Waals surface area contributed by atoms with E-state index in [1.807, 2.05) is 34.6 Å². The summed E-state index contributed by atoms with van der Waals surface area (Å²) in [4.78, 5) is 29.0. The van der Waals surface area contributed by atoms with Crippen LogP contribution in [0.5, 0.6) is 5.75 Å². The van der Waals surface area contributed by atoms with Crippen LogP contribution < -0.4 is 14.4 Å². The van der Waals surface area contributed by atoms with Crippen molar-refractivity contribution in [3.05, 3.63) is 87.9 Å². The molecule has 2 atom stereocenters. The smallest absolute Gasteiger partial charge is 0.264 e. The van der Waals surface area contributed by atoms with Crippen molar-refractivity contribution in [3.63, 3.8) is 0 Å². The molecule has 43 heavy (non-hydrogen) atoms. The van der Waals surface area contributed by atoms with Crippen molar-refractivity contribution in [2.75, 3.05) is 17.5 Å². The molecule has 232 valence electrons. The third kappa shape index (κ3) is 8.87. The van der Waals surface area contributed by atoms with Crippen LogP contribution in [0.4, 0.5) is 5.69 Å². The summed E-state index contributed by atoms with van der Waals surface area (Å²) in [5.41, 5.74) is 1.90. The van der Waals surface area contributed by atoms with Gasteiger partial charge in [0.05, 0.1) is 27.2 Å². The number of hydrogen-bond donors (Lipinski definition) is 1. The van der Waals surface area contributed by atoms with Crippen molar-refractivity contribution in [1.29, 1.82) is 0 Å². The van der Waals surface area contributed by atoms with Gasteiger partial charge in [-0.05, 0) is 87.7 Å². The van der Waals surface area contributed by atoms with E-state index < -0.39 is 28.5 Å². The SMILES string of the molecule is CCOc1ccc(S(=O)(=O)N(CC(=O)N(Cc2ccc(Cl)c(Cl)c2)[C@@H](CC)C(=O)N[C@H](C)CC)c2ccc(C)cc2)cc1. The first kappa shape index (κ1) is 34.2. The molecule has 11 heteroatoms. The highest BCUT2D eigenvalue weighted by Crippen LogP contribution is 2.28. The Morgan fingerprint density at radius 1 is 0.907 bits per heavy atom. The van der Waals surface area contributed by atoms with E-state index >= 15 is 0 Å². The van der Waals surface area contributed by atoms with Gasteiger partial charge < -0.3 is 15.0 Å². The Labute approximate surface area is 265 Å². The zero-order valence-electron chi connectivity index (χ0n) is 25.1. The quantitative estimate of drug-likeness (QED) is 0.212. The Bertz CT molecular complexity index is 1500. The standard InChI is InChI=1S/C32H39Cl2N3O5S/c1-6-23(5)35-32(39)30(7-2)36(20-24-11-18-28(33)29(34)19-24)31(38)21-37(25-12-9-22(4)10-13-25)43(40,41)27-16-14-26(15-17-27)42-8-3/h9-19,23,30H,6-8,20-21H2,1-5H3,(H,35,39)/t23-,30+/m1/s1. The summed E-state index contributed by atoms with van der Waals surface area (Å²) < 4.78 is 34.6. The van der Waals surface area contributed by atoms with Crippen LogP contribution in [0.3, 0.4) is 0 Å². The number of carbonyl (C=O) groups excluding carboxylic acids is 2. The van der Waals surface area contributed by atoms with Gasteiger partial charge >= 0.3 is 0 Å². The van der Waals surface area contributed by atoms with Gasteiger partial charge in [-0.15, -0.1) is 0 Å². The van der Waals surface area contributed by atoms with Gasteiger partial charge in [0.15, 0.2) is 0 Å². The van der Waals surface area contributed by atoms with E-state index in [-0.39, 0.29) is 23.4 Å². The van der Waals surface area contributed by atoms with Crippen molar-refractivity contribution in [2.45, 2.75) is 71.0 Å². The largest absolute Gasteiger partial charge is 0.494 e. The van der Waals surface area contributed by atoms with Crippen LogP contribution in [0.15, 0.2) is 71.6 Å². The molecule has 0 saturated heterocycles. The lowest BCUT2D eigenvalue weighted by Gasteiger charge is -2.33. The molecule has 0 aliphatic rings. The molecule has 0 radical (unpaired) electrons. The Hall–Kier alpha value is -3.27. The normalized spacial score (nSPS) is 12.7. The lowest BCUT2D eigenvalue weighted by molar-refractivity contribution is -0.140. The molecule has 0 aliphatic heterocycles. The van der Waals surface area contributed by atoms with Gasteiger partial charge in [0, 0.05) is 12.6 Å². The zero-order chi connectivity index (χ0) is 31.7. The summed E-state index contributed by atoms with van der Waals surface area (Å²) in [6, 6.07) is 17.0. The Balaban J connectivity index is 2.06. The van der Waals surface area contributed by atoms with Gasteiger partial charge in [0.2, 0.25) is 11.8 Å². The molecule has 0 aliphatic carbocycles. The molecule has 0 bridgehead atoms. The average Bonchev–Trinajstić information content (AvgIpc) is 2.98. The van der Waals surface area contributed by atoms with E-state index in [4.69, 9.17) is 27.9 Å². The molecule has 1 N–H and O–H groups in total. The molecule has 3 aromatic carbocycles. The number of nitrogens with one attached hydrogen (secondary N) is 1. The minimum atomic E-state index is -4.20. The summed E-state index contributed by atoms with van der Waals surface area (Å²) in [5.74, 6) is -0.334. The van der Waals surface area contributed by atoms with Gasteiger partial charge in [-0.3, -0.25) is 13.9 Å². The first-order chi connectivity index (χ1) is 20.4. The molecule has 3 rings (SSSR count). The molecule has 3 aromatic rings. The Morgan fingerprint density at radius 3 is 2.12 bits per heavy atom. The van der Waals surface area contributed by atoms with Crippen LogP contribution in [-0.4, -0.2) is 50.4 Å². The van der Waals surface area contributed by atoms with E-state index in [0.717, 1.165) is 9.87 Å². The number of aryl methyl sites for hydroxylation is 1. The van der Waals surface area contributed by atoms with Gasteiger partial charge in [0.25, 0.3) is 10.0 Å². The minimum Gasteiger partial charge on any atom is -0.494 e. The van der Waals surface area contributed by atoms with Gasteiger partial charge in [0.1, 0.15) is 18.3 Å². The second-order valence-electron chi connectivity index (χ2n) is 10.3. The third-order valence-electron chi connectivity index (χ3n) is 7.05. The van der Waals surface area contributed by atoms with Crippen molar-refractivity contribution in [2.24, 2.45) is 0 Å². The maximum Gasteiger partial charge on any atom is 0.264 e. The van der Waals surface area contributed by atoms with Crippen molar-refractivity contribution in [1.82, 2.24) is 10.2 Å². The molecule has 0 fully saturated rings. The van der Waals surface area contributed by atoms with Crippen LogP contribution in [0.25, 0.3) is 0 Å². The van der Waals surface area contributed by atoms with Gasteiger partial charge in [-0.1, -0.05) is 60.8 Å². The van der Waals surface area contributed by atoms with E-state index in [1.54, 1.807) is 54.6 Å². The minimum absolute atomic E-state index is 0.00177. The first-order valence-corrected chi connectivity index (χ1v) is 16.5. The summed E-state index contributed by atoms with van der Waals surface area (Å²) in [7, 11) is -4.20. The van der Waals surface area contributed by atoms with Crippen LogP contribution in [0.2, 0.25) is 10.0 Å². The molecule has 0 unspecified atom stereocenters. The first-order valence-electron chi connectivity index (χ1n) is 14.3. The van der Waals surface area contributed by atoms with Crippen molar-refractivity contribution < 1.29 is 22.7 Å². The molecular weight excluding hydrogens is 609 g/mol. The zero-order valence-corrected chi connectivity index (χ0v) is 27.5. The fourth-order valence-electron chi connectivity index (χ4n) is 4.44. The van der Waals surface area contributed by atoms with E-state index in [0.29, 0.717) is 46.5 Å². The summed E-state index contributed by atoms with van der Waals surface area (Å²) in [6.45, 7) is 9.30. The molecule has 0 aromatic heterocycles. The van der Waals surface area contributed by atoms with Crippen LogP contribution in [0, 0.1) is 6.92 Å². The van der Waals surface area contributed by atoms with E-state index in [9.17, 15) is 18.0 Å². The van der Waals surface area contributed by atoms with Gasteiger partial charge in [-0.25, -0.2) is 8.42 Å².